The van der Waals surface area contributed by atoms with Gasteiger partial charge >= 0.3 is 17.0 Å². The van der Waals surface area contributed by atoms with Crippen LogP contribution in [0.1, 0.15) is 0 Å². The van der Waals surface area contributed by atoms with E-state index in [2.05, 4.69) is 84.9 Å². The summed E-state index contributed by atoms with van der Waals surface area (Å²) in [7, 11) is -3.05. The van der Waals surface area contributed by atoms with Crippen LogP contribution >= 0.6 is 8.69 Å². The van der Waals surface area contributed by atoms with Gasteiger partial charge in [-0.2, -0.15) is 0 Å². The molecule has 0 aromatic heterocycles. The molecule has 0 saturated heterocycles. The first-order valence-electron chi connectivity index (χ1n) is 11.1. The van der Waals surface area contributed by atoms with Crippen LogP contribution < -0.4 is 15.6 Å². The molecule has 5 aromatic rings. The number of rotatable bonds is 6. The molecule has 0 atom stereocenters. The van der Waals surface area contributed by atoms with Crippen molar-refractivity contribution in [2.75, 3.05) is 0 Å². The van der Waals surface area contributed by atoms with Crippen molar-refractivity contribution in [2.45, 2.75) is 0 Å². The van der Waals surface area contributed by atoms with Crippen LogP contribution in [-0.2, 0) is 8.78 Å². The summed E-state index contributed by atoms with van der Waals surface area (Å²) in [6.45, 7) is 0. The third kappa shape index (κ3) is 5.47. The lowest BCUT2D eigenvalue weighted by Crippen LogP contribution is -2.68. The molecule has 5 rings (SSSR count). The maximum Gasteiger partial charge on any atom is 0.317 e. The second-order valence-corrected chi connectivity index (χ2v) is 11.7. The molecule has 166 valence electrons. The van der Waals surface area contributed by atoms with E-state index in [1.807, 2.05) is 66.7 Å². The molecule has 0 radical (unpaired) electrons. The smallest absolute Gasteiger partial charge is 0.317 e. The first kappa shape index (κ1) is 23.5. The predicted molar refractivity (Wildman–Crippen MR) is 145 cm³/mol. The molecule has 4 heteroatoms. The maximum atomic E-state index is 11.5. The minimum Gasteiger partial charge on any atom is -0.321 e. The molecule has 0 bridgehead atoms. The van der Waals surface area contributed by atoms with Gasteiger partial charge in [-0.1, -0.05) is 152 Å². The average Bonchev–Trinajstić information content (AvgIpc) is 2.94. The molecule has 0 amide bonds. The second kappa shape index (κ2) is 12.0. The van der Waals surface area contributed by atoms with Gasteiger partial charge in [-0.15, -0.1) is 0 Å². The number of hydrogen-bond donors (Lipinski definition) is 0. The van der Waals surface area contributed by atoms with Crippen LogP contribution in [0, 0.1) is 0 Å². The standard InChI is InChI=1S/C18H15O2PSi.C12H10/c19-21-20-22(16-10-4-1-5-11-16,17-12-6-2-7-13-17)18-14-8-3-9-15-18;1-3-7-11(8-4-1)12-9-5-2-6-10-12/h1-15H;1-10H. The fourth-order valence-electron chi connectivity index (χ4n) is 3.99. The largest absolute Gasteiger partial charge is 0.321 e. The lowest BCUT2D eigenvalue weighted by Gasteiger charge is -2.29. The van der Waals surface area contributed by atoms with Crippen molar-refractivity contribution in [3.05, 3.63) is 152 Å². The minimum absolute atomic E-state index is 0.299. The summed E-state index contributed by atoms with van der Waals surface area (Å²) in [6, 6.07) is 51.0. The SMILES string of the molecule is O=PO[Si](c1ccccc1)(c1ccccc1)c1ccccc1.c1ccc(-c2ccccc2)cc1. The van der Waals surface area contributed by atoms with Gasteiger partial charge in [-0.05, 0) is 26.7 Å². The third-order valence-electron chi connectivity index (χ3n) is 5.60. The molecule has 0 aliphatic rings. The Morgan fingerprint density at radius 3 is 0.941 bits per heavy atom. The average molecular weight is 477 g/mol. The van der Waals surface area contributed by atoms with E-state index in [0.29, 0.717) is 0 Å². The van der Waals surface area contributed by atoms with Gasteiger partial charge < -0.3 is 4.21 Å². The van der Waals surface area contributed by atoms with Crippen LogP contribution in [0.5, 0.6) is 0 Å². The van der Waals surface area contributed by atoms with Crippen LogP contribution in [0.15, 0.2) is 152 Å². The van der Waals surface area contributed by atoms with Crippen molar-refractivity contribution >= 4 is 32.6 Å². The Morgan fingerprint density at radius 1 is 0.412 bits per heavy atom. The molecule has 0 spiro atoms. The summed E-state index contributed by atoms with van der Waals surface area (Å²) in [5, 5.41) is 3.24. The highest BCUT2D eigenvalue weighted by molar-refractivity contribution is 7.25. The Hall–Kier alpha value is -3.62. The van der Waals surface area contributed by atoms with Crippen molar-refractivity contribution in [2.24, 2.45) is 0 Å². The summed E-state index contributed by atoms with van der Waals surface area (Å²) in [4.78, 5) is 0. The Morgan fingerprint density at radius 2 is 0.676 bits per heavy atom. The fraction of sp³-hybridized carbons (Fsp3) is 0. The van der Waals surface area contributed by atoms with Gasteiger partial charge in [0.05, 0.1) is 0 Å². The Bertz CT molecular complexity index is 1130. The van der Waals surface area contributed by atoms with E-state index in [1.54, 1.807) is 0 Å². The third-order valence-corrected chi connectivity index (χ3v) is 10.4. The summed E-state index contributed by atoms with van der Waals surface area (Å²) in [6.07, 6.45) is 0. The van der Waals surface area contributed by atoms with Crippen LogP contribution in [-0.4, -0.2) is 8.32 Å². The van der Waals surface area contributed by atoms with Crippen LogP contribution in [0.2, 0.25) is 0 Å². The molecule has 0 fully saturated rings. The van der Waals surface area contributed by atoms with E-state index < -0.39 is 8.32 Å². The van der Waals surface area contributed by atoms with E-state index >= 15 is 0 Å². The van der Waals surface area contributed by atoms with E-state index in [-0.39, 0.29) is 8.69 Å². The van der Waals surface area contributed by atoms with Crippen molar-refractivity contribution in [3.8, 4) is 11.1 Å². The predicted octanol–water partition coefficient (Wildman–Crippen LogP) is 6.23. The highest BCUT2D eigenvalue weighted by Gasteiger charge is 2.42. The van der Waals surface area contributed by atoms with Crippen molar-refractivity contribution in [1.29, 1.82) is 0 Å². The van der Waals surface area contributed by atoms with Gasteiger partial charge in [0, 0.05) is 0 Å². The number of hydrogen-bond acceptors (Lipinski definition) is 2. The summed E-state index contributed by atoms with van der Waals surface area (Å²) >= 11 is 0. The van der Waals surface area contributed by atoms with Crippen LogP contribution in [0.25, 0.3) is 11.1 Å². The Balaban J connectivity index is 0.000000192. The molecule has 0 unspecified atom stereocenters. The number of benzene rings is 5. The lowest BCUT2D eigenvalue weighted by molar-refractivity contribution is 0.532. The van der Waals surface area contributed by atoms with Gasteiger partial charge in [0.15, 0.2) is 0 Å². The molecular formula is C30H25O2PSi. The fourth-order valence-corrected chi connectivity index (χ4v) is 8.69. The van der Waals surface area contributed by atoms with E-state index in [1.165, 1.54) is 11.1 Å². The van der Waals surface area contributed by atoms with Gasteiger partial charge in [-0.25, -0.2) is 4.57 Å². The lowest BCUT2D eigenvalue weighted by atomic mass is 10.1. The van der Waals surface area contributed by atoms with Gasteiger partial charge in [0.2, 0.25) is 0 Å². The normalized spacial score (nSPS) is 10.8. The quantitative estimate of drug-likeness (QED) is 0.165. The molecule has 0 aliphatic heterocycles. The monoisotopic (exact) mass is 476 g/mol. The van der Waals surface area contributed by atoms with Crippen molar-refractivity contribution < 1.29 is 8.78 Å². The van der Waals surface area contributed by atoms with Crippen molar-refractivity contribution in [3.63, 3.8) is 0 Å². The molecular weight excluding hydrogens is 451 g/mol. The summed E-state index contributed by atoms with van der Waals surface area (Å²) in [5.41, 5.74) is 2.55. The van der Waals surface area contributed by atoms with Gasteiger partial charge in [0.25, 0.3) is 0 Å². The van der Waals surface area contributed by atoms with Gasteiger partial charge in [0.1, 0.15) is 0 Å². The zero-order valence-corrected chi connectivity index (χ0v) is 20.6. The molecule has 0 heterocycles. The van der Waals surface area contributed by atoms with E-state index in [0.717, 1.165) is 15.6 Å². The first-order valence-corrected chi connectivity index (χ1v) is 13.8. The molecule has 2 nitrogen and oxygen atoms in total. The molecule has 5 aromatic carbocycles. The molecule has 0 N–H and O–H groups in total. The summed E-state index contributed by atoms with van der Waals surface area (Å²) < 4.78 is 17.4. The second-order valence-electron chi connectivity index (χ2n) is 7.68. The highest BCUT2D eigenvalue weighted by Crippen LogP contribution is 2.17. The Labute approximate surface area is 203 Å². The maximum absolute atomic E-state index is 11.5. The topological polar surface area (TPSA) is 26.3 Å². The summed E-state index contributed by atoms with van der Waals surface area (Å²) in [5.74, 6) is 0. The zero-order chi connectivity index (χ0) is 23.5. The van der Waals surface area contributed by atoms with Gasteiger partial charge in [-0.3, -0.25) is 0 Å². The molecule has 0 aliphatic carbocycles. The van der Waals surface area contributed by atoms with Crippen LogP contribution in [0.4, 0.5) is 0 Å². The van der Waals surface area contributed by atoms with Crippen LogP contribution in [0.3, 0.4) is 0 Å². The van der Waals surface area contributed by atoms with E-state index in [4.69, 9.17) is 4.21 Å². The van der Waals surface area contributed by atoms with Crippen molar-refractivity contribution in [1.82, 2.24) is 0 Å². The van der Waals surface area contributed by atoms with E-state index in [9.17, 15) is 4.57 Å². The Kier molecular flexibility index (Phi) is 8.31. The highest BCUT2D eigenvalue weighted by atomic mass is 31.1. The first-order chi connectivity index (χ1) is 16.8. The molecule has 0 saturated carbocycles. The zero-order valence-electron chi connectivity index (χ0n) is 18.7. The molecule has 34 heavy (non-hydrogen) atoms. The minimum atomic E-state index is -2.75.